The van der Waals surface area contributed by atoms with E-state index < -0.39 is 10.0 Å². The zero-order chi connectivity index (χ0) is 13.9. The number of anilines is 1. The fourth-order valence-electron chi connectivity index (χ4n) is 2.33. The summed E-state index contributed by atoms with van der Waals surface area (Å²) in [5.41, 5.74) is 6.27. The van der Waals surface area contributed by atoms with Crippen molar-refractivity contribution >= 4 is 15.7 Å². The van der Waals surface area contributed by atoms with Crippen LogP contribution in [-0.4, -0.2) is 14.5 Å². The molecule has 0 unspecified atom stereocenters. The van der Waals surface area contributed by atoms with Crippen LogP contribution in [0.2, 0.25) is 0 Å². The third-order valence-corrected chi connectivity index (χ3v) is 4.32. The van der Waals surface area contributed by atoms with E-state index in [9.17, 15) is 8.42 Å². The number of ether oxygens (including phenoxy) is 1. The molecule has 0 aliphatic heterocycles. The van der Waals surface area contributed by atoms with E-state index in [1.807, 2.05) is 0 Å². The first-order valence-corrected chi connectivity index (χ1v) is 8.10. The van der Waals surface area contributed by atoms with Gasteiger partial charge in [-0.3, -0.25) is 0 Å². The van der Waals surface area contributed by atoms with Crippen molar-refractivity contribution in [3.05, 3.63) is 18.2 Å². The number of nitrogen functional groups attached to an aromatic ring is 1. The number of nitrogens with two attached hydrogens (primary N) is 2. The van der Waals surface area contributed by atoms with E-state index in [1.54, 1.807) is 0 Å². The third kappa shape index (κ3) is 3.84. The first-order valence-electron chi connectivity index (χ1n) is 6.56. The molecule has 4 N–H and O–H groups in total. The number of hydrogen-bond acceptors (Lipinski definition) is 4. The topological polar surface area (TPSA) is 95.4 Å². The Morgan fingerprint density at radius 3 is 2.32 bits per heavy atom. The highest BCUT2D eigenvalue weighted by Gasteiger charge is 2.17. The maximum atomic E-state index is 11.3. The molecule has 6 heteroatoms. The summed E-state index contributed by atoms with van der Waals surface area (Å²) in [6.07, 6.45) is 6.82. The zero-order valence-electron chi connectivity index (χ0n) is 10.8. The second kappa shape index (κ2) is 5.79. The first kappa shape index (κ1) is 14.1. The van der Waals surface area contributed by atoms with Crippen molar-refractivity contribution in [3.63, 3.8) is 0 Å². The Labute approximate surface area is 114 Å². The van der Waals surface area contributed by atoms with Gasteiger partial charge in [-0.2, -0.15) is 0 Å². The number of hydrogen-bond donors (Lipinski definition) is 2. The molecule has 5 nitrogen and oxygen atoms in total. The van der Waals surface area contributed by atoms with E-state index in [0.29, 0.717) is 11.4 Å². The van der Waals surface area contributed by atoms with E-state index in [-0.39, 0.29) is 11.0 Å². The average Bonchev–Trinajstić information content (AvgIpc) is 2.59. The number of sulfonamides is 1. The normalized spacial score (nSPS) is 17.9. The summed E-state index contributed by atoms with van der Waals surface area (Å²) in [7, 11) is -3.73. The molecule has 1 fully saturated rings. The van der Waals surface area contributed by atoms with Gasteiger partial charge in [-0.1, -0.05) is 12.8 Å². The van der Waals surface area contributed by atoms with Gasteiger partial charge in [0.2, 0.25) is 10.0 Å². The fraction of sp³-hybridized carbons (Fsp3) is 0.538. The van der Waals surface area contributed by atoms with Crippen molar-refractivity contribution in [1.82, 2.24) is 0 Å². The fourth-order valence-corrected chi connectivity index (χ4v) is 2.86. The minimum atomic E-state index is -3.73. The molecule has 0 aromatic heterocycles. The van der Waals surface area contributed by atoms with E-state index in [1.165, 1.54) is 31.0 Å². The smallest absolute Gasteiger partial charge is 0.238 e. The van der Waals surface area contributed by atoms with Crippen molar-refractivity contribution in [2.75, 3.05) is 5.73 Å². The van der Waals surface area contributed by atoms with Crippen LogP contribution in [-0.2, 0) is 10.0 Å². The second-order valence-electron chi connectivity index (χ2n) is 4.98. The van der Waals surface area contributed by atoms with Gasteiger partial charge in [-0.25, -0.2) is 13.6 Å². The van der Waals surface area contributed by atoms with Gasteiger partial charge in [-0.15, -0.1) is 0 Å². The molecule has 106 valence electrons. The monoisotopic (exact) mass is 284 g/mol. The highest BCUT2D eigenvalue weighted by Crippen LogP contribution is 2.29. The molecule has 1 aliphatic rings. The average molecular weight is 284 g/mol. The standard InChI is InChI=1S/C13H20N2O3S/c14-12-8-7-11(19(15,16)17)9-13(12)18-10-5-3-1-2-4-6-10/h7-10H,1-6,14H2,(H2,15,16,17). The van der Waals surface area contributed by atoms with Gasteiger partial charge in [0, 0.05) is 6.07 Å². The molecule has 1 aromatic carbocycles. The lowest BCUT2D eigenvalue weighted by atomic mass is 10.1. The zero-order valence-corrected chi connectivity index (χ0v) is 11.7. The van der Waals surface area contributed by atoms with E-state index in [0.717, 1.165) is 25.7 Å². The Kier molecular flexibility index (Phi) is 4.31. The van der Waals surface area contributed by atoms with Gasteiger partial charge in [-0.05, 0) is 37.8 Å². The SMILES string of the molecule is Nc1ccc(S(N)(=O)=O)cc1OC1CCCCCC1. The van der Waals surface area contributed by atoms with Gasteiger partial charge in [0.15, 0.2) is 0 Å². The van der Waals surface area contributed by atoms with Crippen LogP contribution in [0, 0.1) is 0 Å². The van der Waals surface area contributed by atoms with Crippen molar-refractivity contribution in [2.24, 2.45) is 5.14 Å². The van der Waals surface area contributed by atoms with E-state index in [4.69, 9.17) is 15.6 Å². The molecular formula is C13H20N2O3S. The Bertz CT molecular complexity index is 535. The first-order chi connectivity index (χ1) is 8.97. The van der Waals surface area contributed by atoms with Crippen LogP contribution < -0.4 is 15.6 Å². The van der Waals surface area contributed by atoms with Gasteiger partial charge in [0.05, 0.1) is 16.7 Å². The lowest BCUT2D eigenvalue weighted by molar-refractivity contribution is 0.184. The second-order valence-corrected chi connectivity index (χ2v) is 6.54. The maximum Gasteiger partial charge on any atom is 0.238 e. The molecule has 0 heterocycles. The maximum absolute atomic E-state index is 11.3. The summed E-state index contributed by atoms with van der Waals surface area (Å²) in [6, 6.07) is 4.33. The highest BCUT2D eigenvalue weighted by atomic mass is 32.2. The van der Waals surface area contributed by atoms with Crippen molar-refractivity contribution in [1.29, 1.82) is 0 Å². The predicted molar refractivity (Wildman–Crippen MR) is 74.3 cm³/mol. The molecule has 1 saturated carbocycles. The molecule has 0 radical (unpaired) electrons. The van der Waals surface area contributed by atoms with E-state index >= 15 is 0 Å². The van der Waals surface area contributed by atoms with Gasteiger partial charge in [0.1, 0.15) is 5.75 Å². The Morgan fingerprint density at radius 1 is 1.11 bits per heavy atom. The van der Waals surface area contributed by atoms with E-state index in [2.05, 4.69) is 0 Å². The van der Waals surface area contributed by atoms with Gasteiger partial charge in [0.25, 0.3) is 0 Å². The summed E-state index contributed by atoms with van der Waals surface area (Å²) < 4.78 is 28.5. The van der Waals surface area contributed by atoms with Crippen molar-refractivity contribution < 1.29 is 13.2 Å². The summed E-state index contributed by atoms with van der Waals surface area (Å²) >= 11 is 0. The number of primary sulfonamides is 1. The molecule has 1 aromatic rings. The molecule has 19 heavy (non-hydrogen) atoms. The Balaban J connectivity index is 2.19. The highest BCUT2D eigenvalue weighted by molar-refractivity contribution is 7.89. The number of benzene rings is 1. The quantitative estimate of drug-likeness (QED) is 0.655. The molecule has 0 bridgehead atoms. The molecule has 0 spiro atoms. The van der Waals surface area contributed by atoms with Crippen molar-refractivity contribution in [3.8, 4) is 5.75 Å². The largest absolute Gasteiger partial charge is 0.488 e. The van der Waals surface area contributed by atoms with Crippen LogP contribution in [0.1, 0.15) is 38.5 Å². The lowest BCUT2D eigenvalue weighted by Gasteiger charge is -2.18. The minimum Gasteiger partial charge on any atom is -0.488 e. The summed E-state index contributed by atoms with van der Waals surface area (Å²) in [4.78, 5) is 0.0327. The molecular weight excluding hydrogens is 264 g/mol. The van der Waals surface area contributed by atoms with Gasteiger partial charge < -0.3 is 10.5 Å². The number of rotatable bonds is 3. The predicted octanol–water partition coefficient (Wildman–Crippen LogP) is 2.02. The van der Waals surface area contributed by atoms with Crippen LogP contribution in [0.5, 0.6) is 5.75 Å². The summed E-state index contributed by atoms with van der Waals surface area (Å²) in [5, 5.41) is 5.11. The Morgan fingerprint density at radius 2 is 1.74 bits per heavy atom. The molecule has 0 saturated heterocycles. The van der Waals surface area contributed by atoms with Crippen LogP contribution in [0.25, 0.3) is 0 Å². The molecule has 0 amide bonds. The third-order valence-electron chi connectivity index (χ3n) is 3.41. The molecule has 2 rings (SSSR count). The summed E-state index contributed by atoms with van der Waals surface area (Å²) in [5.74, 6) is 0.415. The molecule has 1 aliphatic carbocycles. The molecule has 0 atom stereocenters. The van der Waals surface area contributed by atoms with Crippen LogP contribution in [0.4, 0.5) is 5.69 Å². The van der Waals surface area contributed by atoms with Crippen molar-refractivity contribution in [2.45, 2.75) is 49.5 Å². The van der Waals surface area contributed by atoms with Gasteiger partial charge >= 0.3 is 0 Å². The minimum absolute atomic E-state index is 0.0327. The van der Waals surface area contributed by atoms with Crippen LogP contribution in [0.3, 0.4) is 0 Å². The Hall–Kier alpha value is -1.27. The van der Waals surface area contributed by atoms with Crippen LogP contribution >= 0.6 is 0 Å². The lowest BCUT2D eigenvalue weighted by Crippen LogP contribution is -2.17. The van der Waals surface area contributed by atoms with Crippen LogP contribution in [0.15, 0.2) is 23.1 Å². The summed E-state index contributed by atoms with van der Waals surface area (Å²) in [6.45, 7) is 0.